The van der Waals surface area contributed by atoms with Crippen LogP contribution in [0.25, 0.3) is 0 Å². The highest BCUT2D eigenvalue weighted by molar-refractivity contribution is 7.09. The first kappa shape index (κ1) is 22.7. The summed E-state index contributed by atoms with van der Waals surface area (Å²) in [5, 5.41) is 3.11. The lowest BCUT2D eigenvalue weighted by Crippen LogP contribution is -2.51. The lowest BCUT2D eigenvalue weighted by atomic mass is 10.0. The highest BCUT2D eigenvalue weighted by Crippen LogP contribution is 2.31. The number of nitrogen functional groups attached to an aromatic ring is 1. The van der Waals surface area contributed by atoms with Crippen LogP contribution in [0.1, 0.15) is 70.3 Å². The minimum Gasteiger partial charge on any atom is -0.395 e. The van der Waals surface area contributed by atoms with E-state index in [0.717, 1.165) is 48.3 Å². The number of primary amides is 1. The van der Waals surface area contributed by atoms with Crippen LogP contribution in [0.15, 0.2) is 18.2 Å². The zero-order valence-corrected chi connectivity index (χ0v) is 18.9. The number of rotatable bonds is 7. The third-order valence-electron chi connectivity index (χ3n) is 5.91. The van der Waals surface area contributed by atoms with Crippen molar-refractivity contribution in [2.75, 3.05) is 10.6 Å². The number of hydrogen-bond acceptors (Lipinski definition) is 6. The molecule has 1 saturated carbocycles. The molecule has 0 spiro atoms. The van der Waals surface area contributed by atoms with Crippen LogP contribution in [-0.2, 0) is 4.79 Å². The second kappa shape index (κ2) is 9.47. The SMILES string of the molecule is CC[C@@H](C(=O)NC1CCCC1)N(C(=O)c1snc(C(N)=O)c1N)c1cccc(C)c1C. The van der Waals surface area contributed by atoms with Crippen LogP contribution in [0, 0.1) is 13.8 Å². The number of aryl methyl sites for hydroxylation is 1. The molecule has 9 heteroatoms. The molecule has 5 N–H and O–H groups in total. The number of amides is 3. The monoisotopic (exact) mass is 443 g/mol. The predicted molar refractivity (Wildman–Crippen MR) is 122 cm³/mol. The highest BCUT2D eigenvalue weighted by Gasteiger charge is 2.35. The van der Waals surface area contributed by atoms with Gasteiger partial charge in [-0.15, -0.1) is 0 Å². The molecule has 3 rings (SSSR count). The minimum absolute atomic E-state index is 0.0520. The average molecular weight is 444 g/mol. The molecule has 1 aliphatic rings. The Morgan fingerprint density at radius 3 is 2.52 bits per heavy atom. The fourth-order valence-electron chi connectivity index (χ4n) is 4.01. The zero-order valence-electron chi connectivity index (χ0n) is 18.1. The molecule has 0 bridgehead atoms. The standard InChI is InChI=1S/C22H29N5O3S/c1-4-15(21(29)25-14-9-5-6-10-14)27(16-11-7-8-12(2)13(16)3)22(30)19-17(23)18(20(24)28)26-31-19/h7-8,11,14-15H,4-6,9-10,23H2,1-3H3,(H2,24,28)(H,25,29)/t15-/m0/s1. The summed E-state index contributed by atoms with van der Waals surface area (Å²) in [4.78, 5) is 40.1. The van der Waals surface area contributed by atoms with E-state index in [1.165, 1.54) is 4.90 Å². The maximum atomic E-state index is 13.7. The van der Waals surface area contributed by atoms with Gasteiger partial charge in [0.25, 0.3) is 11.8 Å². The molecule has 0 aliphatic heterocycles. The van der Waals surface area contributed by atoms with Crippen molar-refractivity contribution in [3.05, 3.63) is 39.9 Å². The van der Waals surface area contributed by atoms with Gasteiger partial charge in [0.05, 0.1) is 5.69 Å². The average Bonchev–Trinajstić information content (AvgIpc) is 3.37. The summed E-state index contributed by atoms with van der Waals surface area (Å²) in [6, 6.07) is 5.02. The Balaban J connectivity index is 2.05. The number of carbonyl (C=O) groups is 3. The molecule has 1 aromatic carbocycles. The number of nitrogens with two attached hydrogens (primary N) is 2. The fourth-order valence-corrected chi connectivity index (χ4v) is 4.75. The van der Waals surface area contributed by atoms with Crippen molar-refractivity contribution in [1.29, 1.82) is 0 Å². The molecule has 1 aliphatic carbocycles. The first-order chi connectivity index (χ1) is 14.8. The van der Waals surface area contributed by atoms with Crippen LogP contribution in [-0.4, -0.2) is 34.2 Å². The van der Waals surface area contributed by atoms with Crippen molar-refractivity contribution in [3.63, 3.8) is 0 Å². The fraction of sp³-hybridized carbons (Fsp3) is 0.455. The van der Waals surface area contributed by atoms with Gasteiger partial charge in [0.15, 0.2) is 5.69 Å². The first-order valence-electron chi connectivity index (χ1n) is 10.5. The summed E-state index contributed by atoms with van der Waals surface area (Å²) in [5.74, 6) is -1.46. The smallest absolute Gasteiger partial charge is 0.272 e. The van der Waals surface area contributed by atoms with Crippen LogP contribution >= 0.6 is 11.5 Å². The summed E-state index contributed by atoms with van der Waals surface area (Å²) in [5.41, 5.74) is 13.7. The van der Waals surface area contributed by atoms with Gasteiger partial charge in [-0.05, 0) is 61.8 Å². The molecule has 0 unspecified atom stereocenters. The number of aromatic nitrogens is 1. The van der Waals surface area contributed by atoms with Crippen LogP contribution in [0.5, 0.6) is 0 Å². The van der Waals surface area contributed by atoms with Gasteiger partial charge in [-0.1, -0.05) is 31.9 Å². The van der Waals surface area contributed by atoms with Crippen molar-refractivity contribution in [2.45, 2.75) is 65.0 Å². The van der Waals surface area contributed by atoms with E-state index >= 15 is 0 Å². The van der Waals surface area contributed by atoms with Crippen molar-refractivity contribution < 1.29 is 14.4 Å². The Hall–Kier alpha value is -2.94. The van der Waals surface area contributed by atoms with E-state index in [1.54, 1.807) is 0 Å². The van der Waals surface area contributed by atoms with Gasteiger partial charge in [0.2, 0.25) is 5.91 Å². The van der Waals surface area contributed by atoms with E-state index in [1.807, 2.05) is 39.0 Å². The Morgan fingerprint density at radius 1 is 1.26 bits per heavy atom. The molecule has 1 atom stereocenters. The van der Waals surface area contributed by atoms with Crippen LogP contribution < -0.4 is 21.7 Å². The van der Waals surface area contributed by atoms with Gasteiger partial charge in [-0.25, -0.2) is 0 Å². The number of benzene rings is 1. The van der Waals surface area contributed by atoms with Gasteiger partial charge in [0.1, 0.15) is 10.9 Å². The summed E-state index contributed by atoms with van der Waals surface area (Å²) < 4.78 is 3.96. The summed E-state index contributed by atoms with van der Waals surface area (Å²) >= 11 is 0.819. The predicted octanol–water partition coefficient (Wildman–Crippen LogP) is 2.93. The molecule has 1 fully saturated rings. The molecule has 31 heavy (non-hydrogen) atoms. The van der Waals surface area contributed by atoms with Crippen molar-refractivity contribution >= 4 is 40.6 Å². The number of nitrogens with zero attached hydrogens (tertiary/aromatic N) is 2. The second-order valence-corrected chi connectivity index (χ2v) is 8.72. The molecule has 2 aromatic rings. The molecule has 1 heterocycles. The molecule has 3 amide bonds. The molecule has 0 radical (unpaired) electrons. The van der Waals surface area contributed by atoms with Gasteiger partial charge < -0.3 is 16.8 Å². The summed E-state index contributed by atoms with van der Waals surface area (Å²) in [7, 11) is 0. The van der Waals surface area contributed by atoms with E-state index < -0.39 is 17.9 Å². The van der Waals surface area contributed by atoms with E-state index in [-0.39, 0.29) is 28.2 Å². The number of nitrogens with one attached hydrogen (secondary N) is 1. The van der Waals surface area contributed by atoms with Gasteiger partial charge in [-0.3, -0.25) is 19.3 Å². The maximum absolute atomic E-state index is 13.7. The lowest BCUT2D eigenvalue weighted by Gasteiger charge is -2.32. The zero-order chi connectivity index (χ0) is 22.7. The minimum atomic E-state index is -0.794. The Kier molecular flexibility index (Phi) is 6.94. The summed E-state index contributed by atoms with van der Waals surface area (Å²) in [6.45, 7) is 5.74. The molecule has 1 aromatic heterocycles. The third-order valence-corrected chi connectivity index (χ3v) is 6.76. The maximum Gasteiger partial charge on any atom is 0.272 e. The van der Waals surface area contributed by atoms with Crippen LogP contribution in [0.2, 0.25) is 0 Å². The molecular formula is C22H29N5O3S. The third kappa shape index (κ3) is 4.56. The number of anilines is 2. The molecule has 0 saturated heterocycles. The van der Waals surface area contributed by atoms with Crippen LogP contribution in [0.4, 0.5) is 11.4 Å². The summed E-state index contributed by atoms with van der Waals surface area (Å²) in [6.07, 6.45) is 4.50. The lowest BCUT2D eigenvalue weighted by molar-refractivity contribution is -0.123. The first-order valence-corrected chi connectivity index (χ1v) is 11.3. The van der Waals surface area contributed by atoms with Gasteiger partial charge in [0, 0.05) is 11.7 Å². The normalized spacial score (nSPS) is 14.9. The number of hydrogen-bond donors (Lipinski definition) is 3. The van der Waals surface area contributed by atoms with Crippen molar-refractivity contribution in [2.24, 2.45) is 5.73 Å². The number of carbonyl (C=O) groups excluding carboxylic acids is 3. The molecular weight excluding hydrogens is 414 g/mol. The van der Waals surface area contributed by atoms with Crippen molar-refractivity contribution in [1.82, 2.24) is 9.69 Å². The van der Waals surface area contributed by atoms with Gasteiger partial charge >= 0.3 is 0 Å². The molecule has 8 nitrogen and oxygen atoms in total. The van der Waals surface area contributed by atoms with Crippen LogP contribution in [0.3, 0.4) is 0 Å². The Morgan fingerprint density at radius 2 is 1.94 bits per heavy atom. The van der Waals surface area contributed by atoms with Crippen molar-refractivity contribution in [3.8, 4) is 0 Å². The van der Waals surface area contributed by atoms with E-state index in [2.05, 4.69) is 9.69 Å². The van der Waals surface area contributed by atoms with E-state index in [0.29, 0.717) is 12.1 Å². The van der Waals surface area contributed by atoms with E-state index in [4.69, 9.17) is 11.5 Å². The Bertz CT molecular complexity index is 997. The second-order valence-electron chi connectivity index (χ2n) is 7.95. The quantitative estimate of drug-likeness (QED) is 0.605. The molecule has 166 valence electrons. The highest BCUT2D eigenvalue weighted by atomic mass is 32.1. The van der Waals surface area contributed by atoms with Gasteiger partial charge in [-0.2, -0.15) is 4.37 Å². The topological polar surface area (TPSA) is 131 Å². The largest absolute Gasteiger partial charge is 0.395 e. The Labute approximate surface area is 186 Å². The van der Waals surface area contributed by atoms with E-state index in [9.17, 15) is 14.4 Å².